The number of hydrogen-bond acceptors (Lipinski definition) is 3. The number of aryl methyl sites for hydroxylation is 2. The molecule has 1 amide bonds. The lowest BCUT2D eigenvalue weighted by atomic mass is 10.1. The average molecular weight is 326 g/mol. The fourth-order valence-corrected chi connectivity index (χ4v) is 2.48. The van der Waals surface area contributed by atoms with Crippen molar-refractivity contribution in [3.63, 3.8) is 0 Å². The highest BCUT2D eigenvalue weighted by Gasteiger charge is 2.30. The molecule has 0 bridgehead atoms. The Morgan fingerprint density at radius 2 is 2.05 bits per heavy atom. The van der Waals surface area contributed by atoms with Crippen LogP contribution >= 0.6 is 11.3 Å². The first-order valence-electron chi connectivity index (χ1n) is 6.36. The minimum Gasteiger partial charge on any atom is -0.298 e. The van der Waals surface area contributed by atoms with Gasteiger partial charge >= 0.3 is 6.18 Å². The van der Waals surface area contributed by atoms with Gasteiger partial charge < -0.3 is 0 Å². The molecule has 2 rings (SSSR count). The monoisotopic (exact) mass is 326 g/mol. The molecule has 0 atom stereocenters. The smallest absolute Gasteiger partial charge is 0.298 e. The number of nitrogens with one attached hydrogen (secondary N) is 1. The van der Waals surface area contributed by atoms with Crippen LogP contribution in [0.1, 0.15) is 21.7 Å². The minimum absolute atomic E-state index is 0.302. The number of thiazole rings is 1. The van der Waals surface area contributed by atoms with Crippen molar-refractivity contribution >= 4 is 28.5 Å². The molecule has 0 aliphatic heterocycles. The highest BCUT2D eigenvalue weighted by Crippen LogP contribution is 2.29. The number of carbonyl (C=O) groups is 1. The molecule has 0 unspecified atom stereocenters. The van der Waals surface area contributed by atoms with Crippen LogP contribution in [0.4, 0.5) is 18.3 Å². The Labute approximate surface area is 129 Å². The normalized spacial score (nSPS) is 11.9. The van der Waals surface area contributed by atoms with Crippen molar-refractivity contribution < 1.29 is 18.0 Å². The van der Waals surface area contributed by atoms with E-state index in [1.54, 1.807) is 0 Å². The lowest BCUT2D eigenvalue weighted by Crippen LogP contribution is -2.07. The summed E-state index contributed by atoms with van der Waals surface area (Å²) in [5.41, 5.74) is 0.389. The molecule has 1 heterocycles. The number of rotatable bonds is 3. The number of anilines is 1. The van der Waals surface area contributed by atoms with E-state index >= 15 is 0 Å². The Morgan fingerprint density at radius 1 is 1.32 bits per heavy atom. The second-order valence-corrected chi connectivity index (χ2v) is 5.81. The second-order valence-electron chi connectivity index (χ2n) is 4.61. The van der Waals surface area contributed by atoms with Crippen LogP contribution in [0.2, 0.25) is 0 Å². The number of hydrogen-bond donors (Lipinski definition) is 1. The van der Waals surface area contributed by atoms with Gasteiger partial charge in [0.2, 0.25) is 5.91 Å². The zero-order valence-electron chi connectivity index (χ0n) is 11.9. The van der Waals surface area contributed by atoms with E-state index in [9.17, 15) is 18.0 Å². The maximum absolute atomic E-state index is 12.6. The third kappa shape index (κ3) is 4.17. The van der Waals surface area contributed by atoms with E-state index in [4.69, 9.17) is 0 Å². The molecule has 3 nitrogen and oxygen atoms in total. The zero-order valence-corrected chi connectivity index (χ0v) is 12.7. The SMILES string of the molecule is Cc1nc(NC(=O)C=Cc2cccc(C(F)(F)F)c2)sc1C. The first-order chi connectivity index (χ1) is 10.3. The molecule has 1 aromatic carbocycles. The quantitative estimate of drug-likeness (QED) is 0.848. The van der Waals surface area contributed by atoms with Gasteiger partial charge in [0.15, 0.2) is 5.13 Å². The van der Waals surface area contributed by atoms with Crippen molar-refractivity contribution in [3.8, 4) is 0 Å². The van der Waals surface area contributed by atoms with Crippen molar-refractivity contribution in [2.75, 3.05) is 5.32 Å². The number of benzene rings is 1. The van der Waals surface area contributed by atoms with Gasteiger partial charge in [-0.05, 0) is 37.6 Å². The van der Waals surface area contributed by atoms with Crippen molar-refractivity contribution in [1.82, 2.24) is 4.98 Å². The molecule has 22 heavy (non-hydrogen) atoms. The minimum atomic E-state index is -4.40. The zero-order chi connectivity index (χ0) is 16.3. The number of nitrogens with zero attached hydrogens (tertiary/aromatic N) is 1. The van der Waals surface area contributed by atoms with Gasteiger partial charge in [0.1, 0.15) is 0 Å². The standard InChI is InChI=1S/C15H13F3N2OS/c1-9-10(2)22-14(19-9)20-13(21)7-6-11-4-3-5-12(8-11)15(16,17)18/h3-8H,1-2H3,(H,19,20,21). The molecule has 2 aromatic rings. The molecular weight excluding hydrogens is 313 g/mol. The van der Waals surface area contributed by atoms with Crippen LogP contribution in [0.15, 0.2) is 30.3 Å². The van der Waals surface area contributed by atoms with Gasteiger partial charge in [0.25, 0.3) is 0 Å². The maximum atomic E-state index is 12.6. The van der Waals surface area contributed by atoms with Crippen LogP contribution in [0.5, 0.6) is 0 Å². The second kappa shape index (κ2) is 6.31. The highest BCUT2D eigenvalue weighted by molar-refractivity contribution is 7.15. The van der Waals surface area contributed by atoms with Gasteiger partial charge in [-0.3, -0.25) is 10.1 Å². The Bertz CT molecular complexity index is 700. The maximum Gasteiger partial charge on any atom is 0.416 e. The average Bonchev–Trinajstić information content (AvgIpc) is 2.74. The van der Waals surface area contributed by atoms with Gasteiger partial charge in [-0.15, -0.1) is 11.3 Å². The summed E-state index contributed by atoms with van der Waals surface area (Å²) in [6.07, 6.45) is -1.89. The van der Waals surface area contributed by atoms with Crippen LogP contribution in [-0.2, 0) is 11.0 Å². The van der Waals surface area contributed by atoms with Gasteiger partial charge in [-0.1, -0.05) is 12.1 Å². The van der Waals surface area contributed by atoms with E-state index in [-0.39, 0.29) is 0 Å². The largest absolute Gasteiger partial charge is 0.416 e. The fraction of sp³-hybridized carbons (Fsp3) is 0.200. The molecule has 0 aliphatic rings. The summed E-state index contributed by atoms with van der Waals surface area (Å²) in [6, 6.07) is 4.77. The number of carbonyl (C=O) groups excluding carboxylic acids is 1. The summed E-state index contributed by atoms with van der Waals surface area (Å²) in [6.45, 7) is 3.72. The fourth-order valence-electron chi connectivity index (χ4n) is 1.66. The number of alkyl halides is 3. The molecule has 1 N–H and O–H groups in total. The molecule has 7 heteroatoms. The molecule has 0 aliphatic carbocycles. The van der Waals surface area contributed by atoms with Gasteiger partial charge in [0.05, 0.1) is 11.3 Å². The number of amides is 1. The molecule has 0 radical (unpaired) electrons. The van der Waals surface area contributed by atoms with E-state index in [2.05, 4.69) is 10.3 Å². The van der Waals surface area contributed by atoms with E-state index in [0.717, 1.165) is 22.7 Å². The van der Waals surface area contributed by atoms with Crippen molar-refractivity contribution in [3.05, 3.63) is 52.0 Å². The molecule has 0 saturated heterocycles. The third-order valence-electron chi connectivity index (χ3n) is 2.90. The van der Waals surface area contributed by atoms with Crippen molar-refractivity contribution in [1.29, 1.82) is 0 Å². The summed E-state index contributed by atoms with van der Waals surface area (Å²) in [7, 11) is 0. The Balaban J connectivity index is 2.06. The Hall–Kier alpha value is -2.15. The van der Waals surface area contributed by atoms with E-state index in [0.29, 0.717) is 10.7 Å². The summed E-state index contributed by atoms with van der Waals surface area (Å²) in [5.74, 6) is -0.439. The Kier molecular flexibility index (Phi) is 4.65. The van der Waals surface area contributed by atoms with Crippen molar-refractivity contribution in [2.24, 2.45) is 0 Å². The van der Waals surface area contributed by atoms with Crippen molar-refractivity contribution in [2.45, 2.75) is 20.0 Å². The highest BCUT2D eigenvalue weighted by atomic mass is 32.1. The number of aromatic nitrogens is 1. The predicted molar refractivity (Wildman–Crippen MR) is 80.7 cm³/mol. The predicted octanol–water partition coefficient (Wildman–Crippen LogP) is 4.43. The molecule has 1 aromatic heterocycles. The summed E-state index contributed by atoms with van der Waals surface area (Å²) >= 11 is 1.34. The molecule has 0 fully saturated rings. The first kappa shape index (κ1) is 16.2. The summed E-state index contributed by atoms with van der Waals surface area (Å²) < 4.78 is 37.8. The molecule has 0 spiro atoms. The van der Waals surface area contributed by atoms with Gasteiger partial charge in [-0.25, -0.2) is 4.98 Å². The lowest BCUT2D eigenvalue weighted by Gasteiger charge is -2.06. The summed E-state index contributed by atoms with van der Waals surface area (Å²) in [5, 5.41) is 3.04. The lowest BCUT2D eigenvalue weighted by molar-refractivity contribution is -0.137. The van der Waals surface area contributed by atoms with E-state index in [1.807, 2.05) is 13.8 Å². The van der Waals surface area contributed by atoms with Gasteiger partial charge in [0, 0.05) is 11.0 Å². The van der Waals surface area contributed by atoms with Crippen LogP contribution in [0, 0.1) is 13.8 Å². The van der Waals surface area contributed by atoms with Crippen LogP contribution in [0.3, 0.4) is 0 Å². The third-order valence-corrected chi connectivity index (χ3v) is 3.89. The van der Waals surface area contributed by atoms with Crippen LogP contribution in [-0.4, -0.2) is 10.9 Å². The molecular formula is C15H13F3N2OS. The summed E-state index contributed by atoms with van der Waals surface area (Å²) in [4.78, 5) is 16.9. The number of halogens is 3. The van der Waals surface area contributed by atoms with Crippen LogP contribution < -0.4 is 5.32 Å². The topological polar surface area (TPSA) is 42.0 Å². The first-order valence-corrected chi connectivity index (χ1v) is 7.18. The molecule has 116 valence electrons. The Morgan fingerprint density at radius 3 is 2.64 bits per heavy atom. The molecule has 0 saturated carbocycles. The van der Waals surface area contributed by atoms with Gasteiger partial charge in [-0.2, -0.15) is 13.2 Å². The van der Waals surface area contributed by atoms with E-state index < -0.39 is 17.6 Å². The van der Waals surface area contributed by atoms with E-state index in [1.165, 1.54) is 35.6 Å². The van der Waals surface area contributed by atoms with Crippen LogP contribution in [0.25, 0.3) is 6.08 Å².